The minimum absolute atomic E-state index is 0.0165. The standard InChI is InChI=1S/C18H20N2O2S/c21-16(10-11-19-18(22)15-7-4-12-23-15)20-17(14-8-9-14)13-5-2-1-3-6-13/h1-7,12,14,17H,8-11H2,(H,19,22)(H,20,21)/t17-/m0/s1. The van der Waals surface area contributed by atoms with E-state index in [0.717, 1.165) is 18.4 Å². The monoisotopic (exact) mass is 328 g/mol. The van der Waals surface area contributed by atoms with Crippen molar-refractivity contribution in [2.45, 2.75) is 25.3 Å². The fraction of sp³-hybridized carbons (Fsp3) is 0.333. The van der Waals surface area contributed by atoms with Crippen LogP contribution in [0.5, 0.6) is 0 Å². The summed E-state index contributed by atoms with van der Waals surface area (Å²) in [7, 11) is 0. The zero-order chi connectivity index (χ0) is 16.1. The number of thiophene rings is 1. The molecule has 0 radical (unpaired) electrons. The van der Waals surface area contributed by atoms with Crippen LogP contribution in [0.1, 0.15) is 40.5 Å². The van der Waals surface area contributed by atoms with Crippen LogP contribution in [0.15, 0.2) is 47.8 Å². The lowest BCUT2D eigenvalue weighted by Crippen LogP contribution is -2.33. The van der Waals surface area contributed by atoms with E-state index >= 15 is 0 Å². The van der Waals surface area contributed by atoms with Gasteiger partial charge in [-0.3, -0.25) is 9.59 Å². The number of carbonyl (C=O) groups excluding carboxylic acids is 2. The van der Waals surface area contributed by atoms with Crippen molar-refractivity contribution in [2.75, 3.05) is 6.54 Å². The number of nitrogens with one attached hydrogen (secondary N) is 2. The first-order chi connectivity index (χ1) is 11.2. The molecule has 0 spiro atoms. The summed E-state index contributed by atoms with van der Waals surface area (Å²) >= 11 is 1.40. The number of hydrogen-bond donors (Lipinski definition) is 2. The third-order valence-corrected chi connectivity index (χ3v) is 4.82. The SMILES string of the molecule is O=C(CCNC(=O)c1cccs1)N[C@@H](c1ccccc1)C1CC1. The Bertz CT molecular complexity index is 651. The molecule has 5 heteroatoms. The summed E-state index contributed by atoms with van der Waals surface area (Å²) in [6, 6.07) is 13.8. The Hall–Kier alpha value is -2.14. The van der Waals surface area contributed by atoms with Gasteiger partial charge in [0.2, 0.25) is 5.91 Å². The van der Waals surface area contributed by atoms with Crippen LogP contribution in [0.3, 0.4) is 0 Å². The summed E-state index contributed by atoms with van der Waals surface area (Å²) in [5, 5.41) is 7.76. The van der Waals surface area contributed by atoms with Gasteiger partial charge in [0.25, 0.3) is 5.91 Å². The van der Waals surface area contributed by atoms with Crippen LogP contribution in [0.4, 0.5) is 0 Å². The second-order valence-corrected chi connectivity index (χ2v) is 6.72. The molecule has 3 rings (SSSR count). The van der Waals surface area contributed by atoms with Crippen molar-refractivity contribution in [3.63, 3.8) is 0 Å². The van der Waals surface area contributed by atoms with Crippen LogP contribution in [0.25, 0.3) is 0 Å². The Morgan fingerprint density at radius 2 is 1.91 bits per heavy atom. The van der Waals surface area contributed by atoms with Gasteiger partial charge in [-0.1, -0.05) is 36.4 Å². The van der Waals surface area contributed by atoms with Crippen LogP contribution in [0, 0.1) is 5.92 Å². The predicted octanol–water partition coefficient (Wildman–Crippen LogP) is 3.14. The molecule has 1 aliphatic carbocycles. The van der Waals surface area contributed by atoms with Crippen molar-refractivity contribution in [3.8, 4) is 0 Å². The molecule has 0 aliphatic heterocycles. The van der Waals surface area contributed by atoms with Gasteiger partial charge in [-0.2, -0.15) is 0 Å². The first kappa shape index (κ1) is 15.7. The molecule has 1 saturated carbocycles. The Labute approximate surface area is 139 Å². The average molecular weight is 328 g/mol. The van der Waals surface area contributed by atoms with Crippen molar-refractivity contribution >= 4 is 23.2 Å². The van der Waals surface area contributed by atoms with Crippen molar-refractivity contribution in [1.29, 1.82) is 0 Å². The quantitative estimate of drug-likeness (QED) is 0.820. The lowest BCUT2D eigenvalue weighted by molar-refractivity contribution is -0.121. The first-order valence-corrected chi connectivity index (χ1v) is 8.78. The summed E-state index contributed by atoms with van der Waals surface area (Å²) < 4.78 is 0. The van der Waals surface area contributed by atoms with Crippen LogP contribution in [0.2, 0.25) is 0 Å². The predicted molar refractivity (Wildman–Crippen MR) is 91.3 cm³/mol. The van der Waals surface area contributed by atoms with Crippen LogP contribution < -0.4 is 10.6 Å². The molecule has 1 aromatic carbocycles. The van der Waals surface area contributed by atoms with Gasteiger partial charge in [0.1, 0.15) is 0 Å². The molecule has 2 N–H and O–H groups in total. The van der Waals surface area contributed by atoms with Crippen molar-refractivity contribution in [1.82, 2.24) is 10.6 Å². The topological polar surface area (TPSA) is 58.2 Å². The number of carbonyl (C=O) groups is 2. The number of rotatable bonds is 7. The zero-order valence-electron chi connectivity index (χ0n) is 12.8. The van der Waals surface area contributed by atoms with E-state index in [9.17, 15) is 9.59 Å². The second-order valence-electron chi connectivity index (χ2n) is 5.78. The molecule has 0 bridgehead atoms. The lowest BCUT2D eigenvalue weighted by atomic mass is 10.0. The molecule has 2 aromatic rings. The van der Waals surface area contributed by atoms with Crippen LogP contribution in [-0.2, 0) is 4.79 Å². The van der Waals surface area contributed by atoms with Crippen molar-refractivity contribution in [2.24, 2.45) is 5.92 Å². The fourth-order valence-electron chi connectivity index (χ4n) is 2.59. The normalized spacial score (nSPS) is 15.0. The first-order valence-electron chi connectivity index (χ1n) is 7.90. The number of amides is 2. The molecule has 1 heterocycles. The largest absolute Gasteiger partial charge is 0.351 e. The molecule has 0 unspecified atom stereocenters. The third-order valence-electron chi connectivity index (χ3n) is 3.95. The highest BCUT2D eigenvalue weighted by Gasteiger charge is 2.33. The highest BCUT2D eigenvalue weighted by atomic mass is 32.1. The number of benzene rings is 1. The van der Waals surface area contributed by atoms with Gasteiger partial charge >= 0.3 is 0 Å². The smallest absolute Gasteiger partial charge is 0.261 e. The average Bonchev–Trinajstić information content (AvgIpc) is 3.26. The molecular formula is C18H20N2O2S. The number of hydrogen-bond acceptors (Lipinski definition) is 3. The molecule has 1 aliphatic rings. The van der Waals surface area contributed by atoms with Gasteiger partial charge in [-0.15, -0.1) is 11.3 Å². The van der Waals surface area contributed by atoms with Crippen LogP contribution in [-0.4, -0.2) is 18.4 Å². The third kappa shape index (κ3) is 4.42. The Balaban J connectivity index is 1.47. The molecule has 0 saturated heterocycles. The van der Waals surface area contributed by atoms with Crippen molar-refractivity contribution in [3.05, 3.63) is 58.3 Å². The lowest BCUT2D eigenvalue weighted by Gasteiger charge is -2.19. The van der Waals surface area contributed by atoms with Crippen LogP contribution >= 0.6 is 11.3 Å². The molecule has 1 fully saturated rings. The van der Waals surface area contributed by atoms with Gasteiger partial charge in [-0.25, -0.2) is 0 Å². The molecule has 2 amide bonds. The summed E-state index contributed by atoms with van der Waals surface area (Å²) in [6.45, 7) is 0.356. The maximum Gasteiger partial charge on any atom is 0.261 e. The van der Waals surface area contributed by atoms with Gasteiger partial charge in [0.05, 0.1) is 10.9 Å². The minimum Gasteiger partial charge on any atom is -0.351 e. The molecule has 23 heavy (non-hydrogen) atoms. The summed E-state index contributed by atoms with van der Waals surface area (Å²) in [4.78, 5) is 24.7. The second kappa shape index (κ2) is 7.42. The molecule has 1 atom stereocenters. The Kier molecular flexibility index (Phi) is 5.08. The summed E-state index contributed by atoms with van der Waals surface area (Å²) in [5.41, 5.74) is 1.16. The van der Waals surface area contributed by atoms with E-state index < -0.39 is 0 Å². The zero-order valence-corrected chi connectivity index (χ0v) is 13.6. The highest BCUT2D eigenvalue weighted by Crippen LogP contribution is 2.40. The Morgan fingerprint density at radius 3 is 2.57 bits per heavy atom. The summed E-state index contributed by atoms with van der Waals surface area (Å²) in [6.07, 6.45) is 2.62. The van der Waals surface area contributed by atoms with Gasteiger partial charge in [0, 0.05) is 13.0 Å². The van der Waals surface area contributed by atoms with E-state index in [0.29, 0.717) is 23.8 Å². The van der Waals surface area contributed by atoms with E-state index in [1.54, 1.807) is 6.07 Å². The molecule has 120 valence electrons. The minimum atomic E-state index is -0.116. The summed E-state index contributed by atoms with van der Waals surface area (Å²) in [5.74, 6) is 0.411. The molecule has 4 nitrogen and oxygen atoms in total. The van der Waals surface area contributed by atoms with E-state index in [1.807, 2.05) is 29.6 Å². The molecule has 1 aromatic heterocycles. The van der Waals surface area contributed by atoms with E-state index in [1.165, 1.54) is 11.3 Å². The maximum absolute atomic E-state index is 12.2. The van der Waals surface area contributed by atoms with Gasteiger partial charge in [-0.05, 0) is 35.8 Å². The Morgan fingerprint density at radius 1 is 1.13 bits per heavy atom. The van der Waals surface area contributed by atoms with Gasteiger partial charge < -0.3 is 10.6 Å². The van der Waals surface area contributed by atoms with E-state index in [2.05, 4.69) is 22.8 Å². The van der Waals surface area contributed by atoms with Gasteiger partial charge in [0.15, 0.2) is 0 Å². The maximum atomic E-state index is 12.2. The van der Waals surface area contributed by atoms with Crippen molar-refractivity contribution < 1.29 is 9.59 Å². The van der Waals surface area contributed by atoms with E-state index in [-0.39, 0.29) is 17.9 Å². The molecular weight excluding hydrogens is 308 g/mol. The fourth-order valence-corrected chi connectivity index (χ4v) is 3.23. The van der Waals surface area contributed by atoms with E-state index in [4.69, 9.17) is 0 Å². The highest BCUT2D eigenvalue weighted by molar-refractivity contribution is 7.12.